The van der Waals surface area contributed by atoms with Gasteiger partial charge in [0.1, 0.15) is 17.2 Å². The van der Waals surface area contributed by atoms with Crippen molar-refractivity contribution < 1.29 is 18.7 Å². The SMILES string of the molecule is C=CC(=O)N1C[C@@H](n2nc(C#Cc3cc4ncsc4cc3F)c(C(N)=O)c2NC)C[C@@H]1COC. The first-order chi connectivity index (χ1) is 16.4. The van der Waals surface area contributed by atoms with E-state index in [2.05, 4.69) is 33.8 Å². The van der Waals surface area contributed by atoms with Crippen molar-refractivity contribution in [3.05, 3.63) is 52.9 Å². The highest BCUT2D eigenvalue weighted by molar-refractivity contribution is 7.16. The van der Waals surface area contributed by atoms with Crippen molar-refractivity contribution in [2.75, 3.05) is 32.6 Å². The van der Waals surface area contributed by atoms with Crippen molar-refractivity contribution in [1.29, 1.82) is 0 Å². The number of hydrogen-bond acceptors (Lipinski definition) is 7. The second kappa shape index (κ2) is 9.62. The molecule has 34 heavy (non-hydrogen) atoms. The van der Waals surface area contributed by atoms with E-state index in [1.165, 1.54) is 23.5 Å². The first-order valence-corrected chi connectivity index (χ1v) is 11.3. The van der Waals surface area contributed by atoms with Gasteiger partial charge in [-0.15, -0.1) is 11.3 Å². The Balaban J connectivity index is 1.75. The Hall–Kier alpha value is -3.75. The molecule has 9 nitrogen and oxygen atoms in total. The number of anilines is 1. The van der Waals surface area contributed by atoms with Crippen LogP contribution in [-0.2, 0) is 9.53 Å². The predicted molar refractivity (Wildman–Crippen MR) is 127 cm³/mol. The van der Waals surface area contributed by atoms with Crippen LogP contribution in [0.25, 0.3) is 10.2 Å². The Morgan fingerprint density at radius 3 is 2.91 bits per heavy atom. The van der Waals surface area contributed by atoms with Crippen molar-refractivity contribution in [3.8, 4) is 11.8 Å². The van der Waals surface area contributed by atoms with Gasteiger partial charge in [0.2, 0.25) is 5.91 Å². The number of hydrogen-bond donors (Lipinski definition) is 2. The average molecular weight is 483 g/mol. The van der Waals surface area contributed by atoms with Crippen molar-refractivity contribution in [2.24, 2.45) is 5.73 Å². The van der Waals surface area contributed by atoms with Gasteiger partial charge < -0.3 is 20.7 Å². The lowest BCUT2D eigenvalue weighted by atomic mass is 10.1. The quantitative estimate of drug-likeness (QED) is 0.411. The number of amides is 2. The number of thiazole rings is 1. The van der Waals surface area contributed by atoms with E-state index in [9.17, 15) is 14.0 Å². The summed E-state index contributed by atoms with van der Waals surface area (Å²) < 4.78 is 22.1. The Morgan fingerprint density at radius 1 is 1.44 bits per heavy atom. The lowest BCUT2D eigenvalue weighted by Crippen LogP contribution is -2.37. The molecule has 176 valence electrons. The normalized spacial score (nSPS) is 17.4. The van der Waals surface area contributed by atoms with Crippen molar-refractivity contribution in [3.63, 3.8) is 0 Å². The topological polar surface area (TPSA) is 115 Å². The average Bonchev–Trinajstić information content (AvgIpc) is 3.53. The van der Waals surface area contributed by atoms with Gasteiger partial charge >= 0.3 is 0 Å². The van der Waals surface area contributed by atoms with E-state index in [1.54, 1.807) is 35.3 Å². The zero-order chi connectivity index (χ0) is 24.4. The van der Waals surface area contributed by atoms with Crippen LogP contribution in [0.3, 0.4) is 0 Å². The maximum Gasteiger partial charge on any atom is 0.255 e. The van der Waals surface area contributed by atoms with Gasteiger partial charge in [-0.1, -0.05) is 12.5 Å². The summed E-state index contributed by atoms with van der Waals surface area (Å²) in [4.78, 5) is 30.5. The summed E-state index contributed by atoms with van der Waals surface area (Å²) in [5.74, 6) is 4.50. The molecule has 0 radical (unpaired) electrons. The largest absolute Gasteiger partial charge is 0.383 e. The highest BCUT2D eigenvalue weighted by Crippen LogP contribution is 2.32. The number of carbonyl (C=O) groups is 2. The summed E-state index contributed by atoms with van der Waals surface area (Å²) in [6.45, 7) is 4.26. The molecule has 1 aliphatic heterocycles. The Kier molecular flexibility index (Phi) is 6.63. The zero-order valence-electron chi connectivity index (χ0n) is 18.7. The number of primary amides is 1. The minimum atomic E-state index is -0.721. The standard InChI is InChI=1S/C23H23FN6O3S/c1-4-20(31)29-10-14(8-15(29)11-33-3)30-23(26-2)21(22(25)32)17(28-30)6-5-13-7-18-19(9-16(13)24)34-12-27-18/h4,7,9,12,14-15,26H,1,8,10-11H2,2-3H3,(H2,25,32)/t14-,15+/m0/s1. The number of nitrogens with one attached hydrogen (secondary N) is 1. The molecule has 3 N–H and O–H groups in total. The van der Waals surface area contributed by atoms with Crippen LogP contribution in [0.5, 0.6) is 0 Å². The molecule has 0 spiro atoms. The number of nitrogens with two attached hydrogens (primary N) is 1. The number of nitrogens with zero attached hydrogens (tertiary/aromatic N) is 4. The smallest absolute Gasteiger partial charge is 0.255 e. The summed E-state index contributed by atoms with van der Waals surface area (Å²) in [6.07, 6.45) is 1.80. The third-order valence-corrected chi connectivity index (χ3v) is 6.48. The molecule has 3 heterocycles. The number of halogens is 1. The van der Waals surface area contributed by atoms with Crippen LogP contribution in [0.1, 0.15) is 34.1 Å². The second-order valence-corrected chi connectivity index (χ2v) is 8.61. The maximum absolute atomic E-state index is 14.5. The molecule has 2 aromatic heterocycles. The van der Waals surface area contributed by atoms with E-state index >= 15 is 0 Å². The number of benzene rings is 1. The van der Waals surface area contributed by atoms with Gasteiger partial charge in [0.05, 0.1) is 40.0 Å². The van der Waals surface area contributed by atoms with Crippen molar-refractivity contribution in [2.45, 2.75) is 18.5 Å². The second-order valence-electron chi connectivity index (χ2n) is 7.73. The molecule has 0 saturated carbocycles. The summed E-state index contributed by atoms with van der Waals surface area (Å²) in [5.41, 5.74) is 8.27. The van der Waals surface area contributed by atoms with E-state index in [0.717, 1.165) is 0 Å². The third-order valence-electron chi connectivity index (χ3n) is 5.68. The van der Waals surface area contributed by atoms with E-state index < -0.39 is 11.7 Å². The lowest BCUT2D eigenvalue weighted by Gasteiger charge is -2.22. The van der Waals surface area contributed by atoms with E-state index in [1.807, 2.05) is 0 Å². The Bertz CT molecular complexity index is 1340. The molecule has 0 unspecified atom stereocenters. The van der Waals surface area contributed by atoms with Gasteiger partial charge in [0, 0.05) is 20.7 Å². The number of rotatable bonds is 6. The molecule has 1 aliphatic rings. The van der Waals surface area contributed by atoms with Gasteiger partial charge in [-0.25, -0.2) is 14.1 Å². The summed E-state index contributed by atoms with van der Waals surface area (Å²) in [5, 5.41) is 7.51. The highest BCUT2D eigenvalue weighted by atomic mass is 32.1. The van der Waals surface area contributed by atoms with Gasteiger partial charge in [-0.05, 0) is 30.6 Å². The summed E-state index contributed by atoms with van der Waals surface area (Å²) in [6, 6.07) is 2.49. The van der Waals surface area contributed by atoms with Gasteiger partial charge in [0.25, 0.3) is 5.91 Å². The lowest BCUT2D eigenvalue weighted by molar-refractivity contribution is -0.127. The molecule has 0 bridgehead atoms. The van der Waals surface area contributed by atoms with Gasteiger partial charge in [0.15, 0.2) is 5.69 Å². The number of ether oxygens (including phenoxy) is 1. The third kappa shape index (κ3) is 4.25. The number of aromatic nitrogens is 3. The minimum Gasteiger partial charge on any atom is -0.383 e. The number of fused-ring (bicyclic) bond motifs is 1. The van der Waals surface area contributed by atoms with E-state index in [0.29, 0.717) is 35.6 Å². The maximum atomic E-state index is 14.5. The summed E-state index contributed by atoms with van der Waals surface area (Å²) >= 11 is 1.33. The molecule has 1 saturated heterocycles. The van der Waals surface area contributed by atoms with Crippen molar-refractivity contribution >= 4 is 39.2 Å². The zero-order valence-corrected chi connectivity index (χ0v) is 19.5. The Labute approximate surface area is 199 Å². The van der Waals surface area contributed by atoms with E-state index in [-0.39, 0.29) is 34.8 Å². The molecule has 1 fully saturated rings. The highest BCUT2D eigenvalue weighted by Gasteiger charge is 2.37. The molecule has 0 aliphatic carbocycles. The fourth-order valence-corrected chi connectivity index (χ4v) is 4.85. The Morgan fingerprint density at radius 2 is 2.24 bits per heavy atom. The van der Waals surface area contributed by atoms with Crippen LogP contribution in [0, 0.1) is 17.7 Å². The number of methoxy groups -OCH3 is 1. The number of likely N-dealkylation sites (tertiary alicyclic amines) is 1. The molecular formula is C23H23FN6O3S. The molecule has 2 amide bonds. The molecule has 11 heteroatoms. The molecular weight excluding hydrogens is 459 g/mol. The van der Waals surface area contributed by atoms with Crippen molar-refractivity contribution in [1.82, 2.24) is 19.7 Å². The molecule has 3 aromatic rings. The van der Waals surface area contributed by atoms with Crippen LogP contribution in [0.2, 0.25) is 0 Å². The van der Waals surface area contributed by atoms with Crippen LogP contribution < -0.4 is 11.1 Å². The monoisotopic (exact) mass is 482 g/mol. The predicted octanol–water partition coefficient (Wildman–Crippen LogP) is 2.15. The van der Waals surface area contributed by atoms with Crippen LogP contribution in [-0.4, -0.2) is 64.8 Å². The van der Waals surface area contributed by atoms with Crippen LogP contribution >= 0.6 is 11.3 Å². The van der Waals surface area contributed by atoms with Gasteiger partial charge in [-0.3, -0.25) is 9.59 Å². The van der Waals surface area contributed by atoms with Crippen LogP contribution in [0.15, 0.2) is 30.3 Å². The molecule has 2 atom stereocenters. The van der Waals surface area contributed by atoms with E-state index in [4.69, 9.17) is 10.5 Å². The first-order valence-electron chi connectivity index (χ1n) is 10.4. The molecule has 1 aromatic carbocycles. The molecule has 4 rings (SSSR count). The van der Waals surface area contributed by atoms with Crippen LogP contribution in [0.4, 0.5) is 10.2 Å². The fourth-order valence-electron chi connectivity index (χ4n) is 4.17. The number of carbonyl (C=O) groups excluding carboxylic acids is 2. The summed E-state index contributed by atoms with van der Waals surface area (Å²) in [7, 11) is 3.21. The first kappa shape index (κ1) is 23.4. The fraction of sp³-hybridized carbons (Fsp3) is 0.304. The minimum absolute atomic E-state index is 0.0990. The van der Waals surface area contributed by atoms with Gasteiger partial charge in [-0.2, -0.15) is 5.10 Å².